The van der Waals surface area contributed by atoms with Gasteiger partial charge in [-0.3, -0.25) is 4.79 Å². The molecule has 0 atom stereocenters. The van der Waals surface area contributed by atoms with Crippen molar-refractivity contribution in [1.29, 1.82) is 0 Å². The van der Waals surface area contributed by atoms with Crippen LogP contribution in [0, 0.1) is 0 Å². The first-order valence-corrected chi connectivity index (χ1v) is 7.49. The van der Waals surface area contributed by atoms with Crippen molar-refractivity contribution in [3.8, 4) is 0 Å². The Kier molecular flexibility index (Phi) is 5.82. The number of nitrogens with one attached hydrogen (secondary N) is 2. The standard InChI is InChI=1S/C14H20BrN3O2/c1-20-7-5-16-9-11-2-3-12(8-13(11)15)18-6-4-17-14(19)10-18/h2-3,8,16H,4-7,9-10H2,1H3,(H,17,19). The molecule has 0 radical (unpaired) electrons. The molecule has 2 N–H and O–H groups in total. The molecule has 0 spiro atoms. The summed E-state index contributed by atoms with van der Waals surface area (Å²) in [4.78, 5) is 13.5. The smallest absolute Gasteiger partial charge is 0.239 e. The van der Waals surface area contributed by atoms with Crippen molar-refractivity contribution in [2.24, 2.45) is 0 Å². The van der Waals surface area contributed by atoms with Gasteiger partial charge in [-0.1, -0.05) is 22.0 Å². The lowest BCUT2D eigenvalue weighted by Crippen LogP contribution is -2.47. The molecule has 1 aliphatic rings. The third-order valence-corrected chi connectivity index (χ3v) is 3.98. The zero-order chi connectivity index (χ0) is 14.4. The van der Waals surface area contributed by atoms with Crippen LogP contribution in [0.1, 0.15) is 5.56 Å². The van der Waals surface area contributed by atoms with Crippen molar-refractivity contribution in [1.82, 2.24) is 10.6 Å². The number of methoxy groups -OCH3 is 1. The Morgan fingerprint density at radius 3 is 3.05 bits per heavy atom. The van der Waals surface area contributed by atoms with Gasteiger partial charge >= 0.3 is 0 Å². The van der Waals surface area contributed by atoms with E-state index < -0.39 is 0 Å². The molecule has 0 bridgehead atoms. The first kappa shape index (κ1) is 15.3. The minimum absolute atomic E-state index is 0.0812. The molecule has 6 heteroatoms. The molecule has 1 fully saturated rings. The van der Waals surface area contributed by atoms with Gasteiger partial charge in [0.2, 0.25) is 5.91 Å². The van der Waals surface area contributed by atoms with E-state index in [4.69, 9.17) is 4.74 Å². The van der Waals surface area contributed by atoms with Gasteiger partial charge in [0.25, 0.3) is 0 Å². The minimum Gasteiger partial charge on any atom is -0.383 e. The highest BCUT2D eigenvalue weighted by Gasteiger charge is 2.16. The van der Waals surface area contributed by atoms with Crippen LogP contribution >= 0.6 is 15.9 Å². The second-order valence-electron chi connectivity index (χ2n) is 4.72. The molecule has 0 aromatic heterocycles. The van der Waals surface area contributed by atoms with Crippen LogP contribution in [0.2, 0.25) is 0 Å². The van der Waals surface area contributed by atoms with Gasteiger partial charge in [0.05, 0.1) is 13.2 Å². The van der Waals surface area contributed by atoms with Crippen LogP contribution < -0.4 is 15.5 Å². The molecule has 0 unspecified atom stereocenters. The molecule has 5 nitrogen and oxygen atoms in total. The Balaban J connectivity index is 1.96. The molecule has 20 heavy (non-hydrogen) atoms. The Hall–Kier alpha value is -1.11. The van der Waals surface area contributed by atoms with E-state index in [2.05, 4.69) is 49.7 Å². The summed E-state index contributed by atoms with van der Waals surface area (Å²) in [7, 11) is 1.70. The fourth-order valence-corrected chi connectivity index (χ4v) is 2.64. The van der Waals surface area contributed by atoms with Gasteiger partial charge in [-0.05, 0) is 17.7 Å². The number of anilines is 1. The molecule has 1 aromatic carbocycles. The largest absolute Gasteiger partial charge is 0.383 e. The summed E-state index contributed by atoms with van der Waals surface area (Å²) in [6.45, 7) is 4.32. The molecule has 2 rings (SSSR count). The molecule has 1 heterocycles. The number of nitrogens with zero attached hydrogens (tertiary/aromatic N) is 1. The van der Waals surface area contributed by atoms with Crippen molar-refractivity contribution in [2.45, 2.75) is 6.54 Å². The van der Waals surface area contributed by atoms with Crippen molar-refractivity contribution >= 4 is 27.5 Å². The number of hydrogen-bond donors (Lipinski definition) is 2. The lowest BCUT2D eigenvalue weighted by molar-refractivity contribution is -0.120. The molecular formula is C14H20BrN3O2. The number of halogens is 1. The van der Waals surface area contributed by atoms with Crippen LogP contribution in [0.15, 0.2) is 22.7 Å². The van der Waals surface area contributed by atoms with E-state index in [1.165, 1.54) is 5.56 Å². The van der Waals surface area contributed by atoms with Crippen LogP contribution in [0.3, 0.4) is 0 Å². The van der Waals surface area contributed by atoms with Gasteiger partial charge in [-0.2, -0.15) is 0 Å². The summed E-state index contributed by atoms with van der Waals surface area (Å²) in [6, 6.07) is 6.23. The lowest BCUT2D eigenvalue weighted by atomic mass is 10.2. The van der Waals surface area contributed by atoms with E-state index in [0.29, 0.717) is 19.7 Å². The number of carbonyl (C=O) groups is 1. The van der Waals surface area contributed by atoms with Gasteiger partial charge in [-0.15, -0.1) is 0 Å². The van der Waals surface area contributed by atoms with Crippen LogP contribution in [0.5, 0.6) is 0 Å². The minimum atomic E-state index is 0.0812. The van der Waals surface area contributed by atoms with Crippen molar-refractivity contribution in [2.75, 3.05) is 44.8 Å². The first-order chi connectivity index (χ1) is 9.70. The number of piperazine rings is 1. The average molecular weight is 342 g/mol. The summed E-state index contributed by atoms with van der Waals surface area (Å²) in [5.74, 6) is 0.0812. The van der Waals surface area contributed by atoms with Crippen LogP contribution in [-0.2, 0) is 16.1 Å². The summed E-state index contributed by atoms with van der Waals surface area (Å²) in [5.41, 5.74) is 2.28. The van der Waals surface area contributed by atoms with Crippen molar-refractivity contribution in [3.05, 3.63) is 28.2 Å². The van der Waals surface area contributed by atoms with Gasteiger partial charge in [0.1, 0.15) is 0 Å². The number of rotatable bonds is 6. The Labute approximate surface area is 127 Å². The van der Waals surface area contributed by atoms with Crippen molar-refractivity contribution in [3.63, 3.8) is 0 Å². The zero-order valence-corrected chi connectivity index (χ0v) is 13.2. The Morgan fingerprint density at radius 1 is 1.50 bits per heavy atom. The zero-order valence-electron chi connectivity index (χ0n) is 11.6. The molecule has 110 valence electrons. The predicted molar refractivity (Wildman–Crippen MR) is 82.9 cm³/mol. The number of ether oxygens (including phenoxy) is 1. The van der Waals surface area contributed by atoms with E-state index in [1.54, 1.807) is 7.11 Å². The van der Waals surface area contributed by atoms with Crippen LogP contribution in [0.25, 0.3) is 0 Å². The third-order valence-electron chi connectivity index (χ3n) is 3.24. The van der Waals surface area contributed by atoms with Gasteiger partial charge in [0, 0.05) is 43.4 Å². The molecule has 1 saturated heterocycles. The highest BCUT2D eigenvalue weighted by atomic mass is 79.9. The fourth-order valence-electron chi connectivity index (χ4n) is 2.13. The maximum atomic E-state index is 11.4. The number of amides is 1. The van der Waals surface area contributed by atoms with Gasteiger partial charge < -0.3 is 20.3 Å². The summed E-state index contributed by atoms with van der Waals surface area (Å²) >= 11 is 3.60. The molecular weight excluding hydrogens is 322 g/mol. The normalized spacial score (nSPS) is 15.3. The summed E-state index contributed by atoms with van der Waals surface area (Å²) in [5, 5.41) is 6.15. The quantitative estimate of drug-likeness (QED) is 0.761. The number of hydrogen-bond acceptors (Lipinski definition) is 4. The third kappa shape index (κ3) is 4.19. The van der Waals surface area contributed by atoms with Gasteiger partial charge in [0.15, 0.2) is 0 Å². The van der Waals surface area contributed by atoms with Crippen LogP contribution in [-0.4, -0.2) is 45.8 Å². The Bertz CT molecular complexity index is 468. The summed E-state index contributed by atoms with van der Waals surface area (Å²) in [6.07, 6.45) is 0. The molecule has 1 amide bonds. The molecule has 0 saturated carbocycles. The highest BCUT2D eigenvalue weighted by Crippen LogP contribution is 2.24. The van der Waals surface area contributed by atoms with E-state index in [-0.39, 0.29) is 5.91 Å². The summed E-state index contributed by atoms with van der Waals surface area (Å²) < 4.78 is 6.06. The topological polar surface area (TPSA) is 53.6 Å². The molecule has 1 aromatic rings. The highest BCUT2D eigenvalue weighted by molar-refractivity contribution is 9.10. The maximum absolute atomic E-state index is 11.4. The first-order valence-electron chi connectivity index (χ1n) is 6.70. The lowest BCUT2D eigenvalue weighted by Gasteiger charge is -2.29. The van der Waals surface area contributed by atoms with Crippen LogP contribution in [0.4, 0.5) is 5.69 Å². The Morgan fingerprint density at radius 2 is 2.35 bits per heavy atom. The SMILES string of the molecule is COCCNCc1ccc(N2CCNC(=O)C2)cc1Br. The second-order valence-corrected chi connectivity index (χ2v) is 5.57. The molecule has 0 aliphatic carbocycles. The van der Waals surface area contributed by atoms with E-state index in [1.807, 2.05) is 0 Å². The fraction of sp³-hybridized carbons (Fsp3) is 0.500. The maximum Gasteiger partial charge on any atom is 0.239 e. The van der Waals surface area contributed by atoms with E-state index in [9.17, 15) is 4.79 Å². The average Bonchev–Trinajstić information content (AvgIpc) is 2.45. The molecule has 1 aliphatic heterocycles. The predicted octanol–water partition coefficient (Wildman–Crippen LogP) is 1.12. The van der Waals surface area contributed by atoms with Crippen molar-refractivity contribution < 1.29 is 9.53 Å². The number of benzene rings is 1. The van der Waals surface area contributed by atoms with Gasteiger partial charge in [-0.25, -0.2) is 0 Å². The number of carbonyl (C=O) groups excluding carboxylic acids is 1. The second kappa shape index (κ2) is 7.61. The van der Waals surface area contributed by atoms with E-state index >= 15 is 0 Å². The monoisotopic (exact) mass is 341 g/mol. The van der Waals surface area contributed by atoms with E-state index in [0.717, 1.165) is 29.8 Å².